The Labute approximate surface area is 95.4 Å². The van der Waals surface area contributed by atoms with Gasteiger partial charge in [-0.2, -0.15) is 0 Å². The van der Waals surface area contributed by atoms with Gasteiger partial charge in [0.15, 0.2) is 0 Å². The van der Waals surface area contributed by atoms with Crippen LogP contribution in [0.3, 0.4) is 0 Å². The molecule has 1 aliphatic carbocycles. The minimum absolute atomic E-state index is 0.795. The fraction of sp³-hybridized carbons (Fsp3) is 1.00. The van der Waals surface area contributed by atoms with Crippen LogP contribution < -0.4 is 5.32 Å². The molecule has 1 fully saturated rings. The number of nitrogens with zero attached hydrogens (tertiary/aromatic N) is 1. The van der Waals surface area contributed by atoms with Crippen LogP contribution in [0.15, 0.2) is 0 Å². The first-order chi connectivity index (χ1) is 7.22. The molecule has 0 aromatic heterocycles. The summed E-state index contributed by atoms with van der Waals surface area (Å²) in [4.78, 5) is 2.42. The standard InChI is InChI=1S/C13H28N2/c1-4-9-15(3)10-8-14-13-7-5-6-12(2)11-13/h12-14H,4-11H2,1-3H3. The van der Waals surface area contributed by atoms with Crippen LogP contribution in [0.2, 0.25) is 0 Å². The topological polar surface area (TPSA) is 15.3 Å². The first-order valence-electron chi connectivity index (χ1n) is 6.64. The van der Waals surface area contributed by atoms with Crippen LogP contribution >= 0.6 is 0 Å². The smallest absolute Gasteiger partial charge is 0.0104 e. The van der Waals surface area contributed by atoms with Gasteiger partial charge in [-0.25, -0.2) is 0 Å². The van der Waals surface area contributed by atoms with Crippen molar-refractivity contribution in [3.8, 4) is 0 Å². The van der Waals surface area contributed by atoms with E-state index in [2.05, 4.69) is 31.1 Å². The lowest BCUT2D eigenvalue weighted by atomic mass is 9.87. The number of nitrogens with one attached hydrogen (secondary N) is 1. The second-order valence-electron chi connectivity index (χ2n) is 5.23. The third-order valence-corrected chi connectivity index (χ3v) is 3.47. The van der Waals surface area contributed by atoms with Crippen molar-refractivity contribution in [2.75, 3.05) is 26.7 Å². The summed E-state index contributed by atoms with van der Waals surface area (Å²) in [5.74, 6) is 0.935. The van der Waals surface area contributed by atoms with Crippen LogP contribution in [0, 0.1) is 5.92 Å². The number of hydrogen-bond acceptors (Lipinski definition) is 2. The van der Waals surface area contributed by atoms with E-state index in [1.54, 1.807) is 0 Å². The largest absolute Gasteiger partial charge is 0.313 e. The highest BCUT2D eigenvalue weighted by atomic mass is 15.1. The van der Waals surface area contributed by atoms with Gasteiger partial charge in [0, 0.05) is 19.1 Å². The molecule has 2 heteroatoms. The molecule has 1 N–H and O–H groups in total. The first kappa shape index (κ1) is 13.0. The Balaban J connectivity index is 2.03. The van der Waals surface area contributed by atoms with E-state index in [-0.39, 0.29) is 0 Å². The lowest BCUT2D eigenvalue weighted by molar-refractivity contribution is 0.277. The molecule has 1 aliphatic rings. The molecule has 0 heterocycles. The summed E-state index contributed by atoms with van der Waals surface area (Å²) in [6, 6.07) is 0.795. The number of hydrogen-bond donors (Lipinski definition) is 1. The average molecular weight is 212 g/mol. The van der Waals surface area contributed by atoms with Gasteiger partial charge in [0.2, 0.25) is 0 Å². The fourth-order valence-corrected chi connectivity index (χ4v) is 2.57. The zero-order chi connectivity index (χ0) is 11.1. The zero-order valence-corrected chi connectivity index (χ0v) is 10.8. The second kappa shape index (κ2) is 7.24. The maximum absolute atomic E-state index is 3.70. The maximum Gasteiger partial charge on any atom is 0.0104 e. The molecular formula is C13H28N2. The Morgan fingerprint density at radius 3 is 2.73 bits per heavy atom. The predicted molar refractivity (Wildman–Crippen MR) is 67.2 cm³/mol. The molecule has 0 amide bonds. The monoisotopic (exact) mass is 212 g/mol. The van der Waals surface area contributed by atoms with Crippen LogP contribution in [0.4, 0.5) is 0 Å². The van der Waals surface area contributed by atoms with Gasteiger partial charge in [-0.05, 0) is 38.8 Å². The van der Waals surface area contributed by atoms with Crippen LogP contribution in [0.25, 0.3) is 0 Å². The Hall–Kier alpha value is -0.0800. The Morgan fingerprint density at radius 1 is 1.27 bits per heavy atom. The molecule has 90 valence electrons. The van der Waals surface area contributed by atoms with Crippen molar-refractivity contribution in [3.05, 3.63) is 0 Å². The van der Waals surface area contributed by atoms with Gasteiger partial charge in [-0.1, -0.05) is 26.7 Å². The van der Waals surface area contributed by atoms with Crippen molar-refractivity contribution in [2.45, 2.75) is 52.0 Å². The molecule has 0 aromatic carbocycles. The summed E-state index contributed by atoms with van der Waals surface area (Å²) in [5.41, 5.74) is 0. The minimum atomic E-state index is 0.795. The highest BCUT2D eigenvalue weighted by molar-refractivity contribution is 4.75. The van der Waals surface area contributed by atoms with Gasteiger partial charge in [0.25, 0.3) is 0 Å². The SMILES string of the molecule is CCCN(C)CCNC1CCCC(C)C1. The zero-order valence-electron chi connectivity index (χ0n) is 10.8. The van der Waals surface area contributed by atoms with Gasteiger partial charge in [0.05, 0.1) is 0 Å². The van der Waals surface area contributed by atoms with Crippen molar-refractivity contribution in [1.82, 2.24) is 10.2 Å². The Morgan fingerprint density at radius 2 is 2.07 bits per heavy atom. The van der Waals surface area contributed by atoms with E-state index in [0.717, 1.165) is 18.5 Å². The molecule has 0 radical (unpaired) electrons. The van der Waals surface area contributed by atoms with E-state index in [1.807, 2.05) is 0 Å². The summed E-state index contributed by atoms with van der Waals surface area (Å²) in [6.07, 6.45) is 6.90. The summed E-state index contributed by atoms with van der Waals surface area (Å²) >= 11 is 0. The molecule has 0 bridgehead atoms. The summed E-state index contributed by atoms with van der Waals surface area (Å²) in [7, 11) is 2.22. The number of likely N-dealkylation sites (N-methyl/N-ethyl adjacent to an activating group) is 1. The highest BCUT2D eigenvalue weighted by Gasteiger charge is 2.17. The van der Waals surface area contributed by atoms with Gasteiger partial charge in [0.1, 0.15) is 0 Å². The summed E-state index contributed by atoms with van der Waals surface area (Å²) in [6.45, 7) is 8.21. The van der Waals surface area contributed by atoms with Crippen LogP contribution in [-0.4, -0.2) is 37.6 Å². The minimum Gasteiger partial charge on any atom is -0.313 e. The van der Waals surface area contributed by atoms with E-state index < -0.39 is 0 Å². The van der Waals surface area contributed by atoms with Crippen molar-refractivity contribution in [1.29, 1.82) is 0 Å². The van der Waals surface area contributed by atoms with Crippen molar-refractivity contribution >= 4 is 0 Å². The second-order valence-corrected chi connectivity index (χ2v) is 5.23. The van der Waals surface area contributed by atoms with Gasteiger partial charge < -0.3 is 10.2 Å². The van der Waals surface area contributed by atoms with Gasteiger partial charge in [-0.15, -0.1) is 0 Å². The molecule has 0 saturated heterocycles. The van der Waals surface area contributed by atoms with Gasteiger partial charge in [-0.3, -0.25) is 0 Å². The molecule has 2 atom stereocenters. The van der Waals surface area contributed by atoms with Crippen molar-refractivity contribution < 1.29 is 0 Å². The van der Waals surface area contributed by atoms with E-state index in [4.69, 9.17) is 0 Å². The number of rotatable bonds is 6. The first-order valence-corrected chi connectivity index (χ1v) is 6.64. The van der Waals surface area contributed by atoms with E-state index in [9.17, 15) is 0 Å². The molecular weight excluding hydrogens is 184 g/mol. The molecule has 15 heavy (non-hydrogen) atoms. The predicted octanol–water partition coefficient (Wildman–Crippen LogP) is 2.50. The lowest BCUT2D eigenvalue weighted by Gasteiger charge is -2.28. The molecule has 1 rings (SSSR count). The van der Waals surface area contributed by atoms with Crippen LogP contribution in [0.5, 0.6) is 0 Å². The van der Waals surface area contributed by atoms with E-state index in [0.29, 0.717) is 0 Å². The summed E-state index contributed by atoms with van der Waals surface area (Å²) < 4.78 is 0. The third kappa shape index (κ3) is 5.53. The molecule has 0 spiro atoms. The molecule has 2 nitrogen and oxygen atoms in total. The highest BCUT2D eigenvalue weighted by Crippen LogP contribution is 2.23. The normalized spacial score (nSPS) is 27.2. The maximum atomic E-state index is 3.70. The van der Waals surface area contributed by atoms with Crippen LogP contribution in [-0.2, 0) is 0 Å². The van der Waals surface area contributed by atoms with Crippen molar-refractivity contribution in [2.24, 2.45) is 5.92 Å². The molecule has 2 unspecified atom stereocenters. The third-order valence-electron chi connectivity index (χ3n) is 3.47. The van der Waals surface area contributed by atoms with E-state index >= 15 is 0 Å². The molecule has 0 aromatic rings. The van der Waals surface area contributed by atoms with E-state index in [1.165, 1.54) is 45.2 Å². The Bertz CT molecular complexity index is 159. The van der Waals surface area contributed by atoms with Gasteiger partial charge >= 0.3 is 0 Å². The summed E-state index contributed by atoms with van der Waals surface area (Å²) in [5, 5.41) is 3.70. The fourth-order valence-electron chi connectivity index (χ4n) is 2.57. The average Bonchev–Trinajstić information content (AvgIpc) is 2.18. The quantitative estimate of drug-likeness (QED) is 0.728. The molecule has 1 saturated carbocycles. The lowest BCUT2D eigenvalue weighted by Crippen LogP contribution is -2.38. The Kier molecular flexibility index (Phi) is 6.26. The molecule has 0 aliphatic heterocycles. The van der Waals surface area contributed by atoms with Crippen molar-refractivity contribution in [3.63, 3.8) is 0 Å². The van der Waals surface area contributed by atoms with Crippen LogP contribution in [0.1, 0.15) is 46.0 Å².